The van der Waals surface area contributed by atoms with E-state index in [1.54, 1.807) is 6.07 Å². The van der Waals surface area contributed by atoms with E-state index in [9.17, 15) is 9.90 Å². The Morgan fingerprint density at radius 2 is 1.87 bits per heavy atom. The fourth-order valence-electron chi connectivity index (χ4n) is 1.17. The first-order valence-corrected chi connectivity index (χ1v) is 4.39. The van der Waals surface area contributed by atoms with E-state index in [4.69, 9.17) is 5.11 Å². The van der Waals surface area contributed by atoms with Crippen LogP contribution in [-0.4, -0.2) is 16.2 Å². The van der Waals surface area contributed by atoms with Gasteiger partial charge in [0.15, 0.2) is 0 Å². The van der Waals surface area contributed by atoms with Crippen molar-refractivity contribution in [2.24, 2.45) is 0 Å². The van der Waals surface area contributed by atoms with Gasteiger partial charge in [-0.3, -0.25) is 0 Å². The molecule has 0 saturated carbocycles. The summed E-state index contributed by atoms with van der Waals surface area (Å²) in [7, 11) is 0. The van der Waals surface area contributed by atoms with Gasteiger partial charge in [0.05, 0.1) is 0 Å². The van der Waals surface area contributed by atoms with Crippen molar-refractivity contribution in [2.45, 2.75) is 26.2 Å². The van der Waals surface area contributed by atoms with Gasteiger partial charge in [0.25, 0.3) is 0 Å². The summed E-state index contributed by atoms with van der Waals surface area (Å²) >= 11 is 0. The van der Waals surface area contributed by atoms with Crippen LogP contribution in [0.2, 0.25) is 0 Å². The minimum atomic E-state index is -1.10. The number of benzene rings is 1. The van der Waals surface area contributed by atoms with Crippen molar-refractivity contribution in [2.75, 3.05) is 0 Å². The van der Waals surface area contributed by atoms with Gasteiger partial charge < -0.3 is 11.6 Å². The summed E-state index contributed by atoms with van der Waals surface area (Å²) < 4.78 is 0. The Morgan fingerprint density at radius 3 is 2.27 bits per heavy atom. The molecule has 0 radical (unpaired) electrons. The standard InChI is InChI=1S/C11H14O3.Li.H/c1-11(2,3)7-4-5-9(12)8(6-7)10(13)14;;/h4-6,12H,1-3H3,(H,13,14);;/q;+1;-1. The fraction of sp³-hybridized carbons (Fsp3) is 0.364. The number of aromatic hydroxyl groups is 1. The molecular formula is C11H15LiO3. The molecule has 0 aromatic heterocycles. The molecule has 0 atom stereocenters. The molecule has 0 aliphatic heterocycles. The van der Waals surface area contributed by atoms with Crippen LogP contribution in [-0.2, 0) is 5.41 Å². The van der Waals surface area contributed by atoms with Crippen molar-refractivity contribution in [3.8, 4) is 5.75 Å². The van der Waals surface area contributed by atoms with E-state index >= 15 is 0 Å². The third kappa shape index (κ3) is 3.30. The van der Waals surface area contributed by atoms with Crippen molar-refractivity contribution < 1.29 is 35.3 Å². The number of carbonyl (C=O) groups is 1. The fourth-order valence-corrected chi connectivity index (χ4v) is 1.17. The Labute approximate surface area is 103 Å². The van der Waals surface area contributed by atoms with Crippen LogP contribution < -0.4 is 18.9 Å². The largest absolute Gasteiger partial charge is 1.00 e. The number of hydrogen-bond donors (Lipinski definition) is 2. The quantitative estimate of drug-likeness (QED) is 0.604. The average Bonchev–Trinajstić information content (AvgIpc) is 2.02. The third-order valence-electron chi connectivity index (χ3n) is 2.09. The molecule has 2 N–H and O–H groups in total. The number of carboxylic acid groups (broad SMARTS) is 1. The number of rotatable bonds is 1. The zero-order chi connectivity index (χ0) is 10.9. The summed E-state index contributed by atoms with van der Waals surface area (Å²) in [5.41, 5.74) is 0.739. The molecule has 0 amide bonds. The van der Waals surface area contributed by atoms with Crippen molar-refractivity contribution >= 4 is 5.97 Å². The Morgan fingerprint density at radius 1 is 1.33 bits per heavy atom. The molecule has 0 fully saturated rings. The van der Waals surface area contributed by atoms with E-state index in [0.29, 0.717) is 0 Å². The second kappa shape index (κ2) is 4.74. The molecule has 1 aromatic rings. The maximum atomic E-state index is 10.7. The first-order chi connectivity index (χ1) is 6.32. The number of aromatic carboxylic acids is 1. The summed E-state index contributed by atoms with van der Waals surface area (Å²) in [6.45, 7) is 5.97. The van der Waals surface area contributed by atoms with E-state index in [1.807, 2.05) is 20.8 Å². The Bertz CT molecular complexity index is 372. The molecular weight excluding hydrogens is 187 g/mol. The summed E-state index contributed by atoms with van der Waals surface area (Å²) in [5, 5.41) is 18.1. The van der Waals surface area contributed by atoms with Gasteiger partial charge in [-0.2, -0.15) is 0 Å². The second-order valence-corrected chi connectivity index (χ2v) is 4.29. The van der Waals surface area contributed by atoms with Gasteiger partial charge in [0.2, 0.25) is 0 Å². The summed E-state index contributed by atoms with van der Waals surface area (Å²) in [6, 6.07) is 4.67. The monoisotopic (exact) mass is 202 g/mol. The Balaban J connectivity index is 0. The predicted octanol–water partition coefficient (Wildman–Crippen LogP) is -0.496. The molecule has 15 heavy (non-hydrogen) atoms. The number of phenols is 1. The van der Waals surface area contributed by atoms with Gasteiger partial charge in [-0.05, 0) is 23.1 Å². The van der Waals surface area contributed by atoms with E-state index in [2.05, 4.69) is 0 Å². The van der Waals surface area contributed by atoms with Gasteiger partial charge in [-0.1, -0.05) is 26.8 Å². The van der Waals surface area contributed by atoms with Gasteiger partial charge in [0, 0.05) is 0 Å². The van der Waals surface area contributed by atoms with Crippen molar-refractivity contribution in [1.29, 1.82) is 0 Å². The molecule has 4 heteroatoms. The Kier molecular flexibility index (Phi) is 4.45. The molecule has 0 heterocycles. The normalized spacial score (nSPS) is 10.6. The molecule has 0 bridgehead atoms. The van der Waals surface area contributed by atoms with Crippen LogP contribution in [0.25, 0.3) is 0 Å². The summed E-state index contributed by atoms with van der Waals surface area (Å²) in [6.07, 6.45) is 0. The minimum absolute atomic E-state index is 0. The van der Waals surface area contributed by atoms with Gasteiger partial charge in [-0.15, -0.1) is 0 Å². The zero-order valence-corrected chi connectivity index (χ0v) is 9.53. The van der Waals surface area contributed by atoms with Crippen LogP contribution in [0, 0.1) is 0 Å². The molecule has 3 nitrogen and oxygen atoms in total. The summed E-state index contributed by atoms with van der Waals surface area (Å²) in [4.78, 5) is 10.7. The van der Waals surface area contributed by atoms with E-state index < -0.39 is 5.97 Å². The molecule has 1 aromatic carbocycles. The molecule has 0 aliphatic rings. The SMILES string of the molecule is CC(C)(C)c1ccc(O)c(C(=O)O)c1.[H-].[Li+]. The molecule has 78 valence electrons. The maximum Gasteiger partial charge on any atom is 1.00 e. The minimum Gasteiger partial charge on any atom is -1.00 e. The molecule has 0 spiro atoms. The zero-order valence-electron chi connectivity index (χ0n) is 10.5. The first kappa shape index (κ1) is 14.1. The van der Waals surface area contributed by atoms with E-state index in [1.165, 1.54) is 12.1 Å². The molecule has 0 unspecified atom stereocenters. The van der Waals surface area contributed by atoms with Crippen molar-refractivity contribution in [3.05, 3.63) is 29.3 Å². The second-order valence-electron chi connectivity index (χ2n) is 4.29. The Hall–Kier alpha value is -0.913. The summed E-state index contributed by atoms with van der Waals surface area (Å²) in [5.74, 6) is -1.29. The van der Waals surface area contributed by atoms with Crippen LogP contribution in [0.3, 0.4) is 0 Å². The van der Waals surface area contributed by atoms with Crippen LogP contribution in [0.5, 0.6) is 5.75 Å². The molecule has 1 rings (SSSR count). The number of carboxylic acids is 1. The van der Waals surface area contributed by atoms with Crippen LogP contribution in [0.1, 0.15) is 38.1 Å². The predicted molar refractivity (Wildman–Crippen MR) is 54.9 cm³/mol. The van der Waals surface area contributed by atoms with Gasteiger partial charge in [-0.25, -0.2) is 4.79 Å². The smallest absolute Gasteiger partial charge is 1.00 e. The van der Waals surface area contributed by atoms with Gasteiger partial charge >= 0.3 is 24.8 Å². The molecule has 0 aliphatic carbocycles. The van der Waals surface area contributed by atoms with Crippen molar-refractivity contribution in [3.63, 3.8) is 0 Å². The van der Waals surface area contributed by atoms with Gasteiger partial charge in [0.1, 0.15) is 11.3 Å². The van der Waals surface area contributed by atoms with Crippen molar-refractivity contribution in [1.82, 2.24) is 0 Å². The third-order valence-corrected chi connectivity index (χ3v) is 2.09. The van der Waals surface area contributed by atoms with E-state index in [0.717, 1.165) is 5.56 Å². The topological polar surface area (TPSA) is 57.5 Å². The maximum absolute atomic E-state index is 10.7. The van der Waals surface area contributed by atoms with Crippen LogP contribution in [0.4, 0.5) is 0 Å². The van der Waals surface area contributed by atoms with Crippen LogP contribution >= 0.6 is 0 Å². The van der Waals surface area contributed by atoms with E-state index in [-0.39, 0.29) is 37.0 Å². The number of hydrogen-bond acceptors (Lipinski definition) is 2. The van der Waals surface area contributed by atoms with Crippen LogP contribution in [0.15, 0.2) is 18.2 Å². The first-order valence-electron chi connectivity index (χ1n) is 4.39. The average molecular weight is 202 g/mol. The molecule has 0 saturated heterocycles.